The molecule has 1 aromatic rings. The summed E-state index contributed by atoms with van der Waals surface area (Å²) in [7, 11) is -3.31. The van der Waals surface area contributed by atoms with Crippen molar-refractivity contribution in [3.05, 3.63) is 16.0 Å². The van der Waals surface area contributed by atoms with Gasteiger partial charge in [0.15, 0.2) is 0 Å². The van der Waals surface area contributed by atoms with Crippen LogP contribution < -0.4 is 11.1 Å². The number of amides is 2. The molecule has 144 valence electrons. The number of primary amides is 1. The van der Waals surface area contributed by atoms with Crippen LogP contribution in [0.2, 0.25) is 0 Å². The number of fused-ring (bicyclic) bond motifs is 1. The van der Waals surface area contributed by atoms with Gasteiger partial charge in [0.05, 0.1) is 17.7 Å². The SMILES string of the molecule is C[C@H]1CCc2c(sc(NC(=O)[C@H]3CCCN(S(C)(=O)=O)C3)c2C(N)=O)C1. The number of piperidine rings is 1. The molecule has 2 heterocycles. The van der Waals surface area contributed by atoms with Crippen LogP contribution in [0.15, 0.2) is 0 Å². The monoisotopic (exact) mass is 399 g/mol. The Morgan fingerprint density at radius 1 is 1.31 bits per heavy atom. The van der Waals surface area contributed by atoms with Crippen LogP contribution in [0.1, 0.15) is 47.0 Å². The molecule has 2 atom stereocenters. The normalized spacial score (nSPS) is 24.1. The maximum Gasteiger partial charge on any atom is 0.251 e. The lowest BCUT2D eigenvalue weighted by Gasteiger charge is -2.30. The minimum Gasteiger partial charge on any atom is -0.365 e. The molecule has 2 amide bonds. The molecule has 1 aromatic heterocycles. The average molecular weight is 400 g/mol. The smallest absolute Gasteiger partial charge is 0.251 e. The van der Waals surface area contributed by atoms with E-state index >= 15 is 0 Å². The Bertz CT molecular complexity index is 831. The second kappa shape index (κ2) is 7.28. The minimum absolute atomic E-state index is 0.179. The van der Waals surface area contributed by atoms with E-state index in [-0.39, 0.29) is 12.5 Å². The molecule has 0 saturated carbocycles. The van der Waals surface area contributed by atoms with E-state index in [2.05, 4.69) is 12.2 Å². The van der Waals surface area contributed by atoms with Gasteiger partial charge < -0.3 is 11.1 Å². The number of carbonyl (C=O) groups is 2. The van der Waals surface area contributed by atoms with Crippen molar-refractivity contribution in [3.63, 3.8) is 0 Å². The summed E-state index contributed by atoms with van der Waals surface area (Å²) in [4.78, 5) is 25.8. The van der Waals surface area contributed by atoms with E-state index < -0.39 is 21.8 Å². The van der Waals surface area contributed by atoms with Gasteiger partial charge in [0.25, 0.3) is 5.91 Å². The van der Waals surface area contributed by atoms with E-state index in [1.807, 2.05) is 0 Å². The fraction of sp³-hybridized carbons (Fsp3) is 0.647. The van der Waals surface area contributed by atoms with Gasteiger partial charge in [0.2, 0.25) is 15.9 Å². The summed E-state index contributed by atoms with van der Waals surface area (Å²) in [5.74, 6) is -0.634. The molecular formula is C17H25N3O4S2. The number of hydrogen-bond acceptors (Lipinski definition) is 5. The van der Waals surface area contributed by atoms with Gasteiger partial charge in [-0.3, -0.25) is 9.59 Å². The standard InChI is InChI=1S/C17H25N3O4S2/c1-10-5-6-12-13(8-10)25-17(14(12)15(18)21)19-16(22)11-4-3-7-20(9-11)26(2,23)24/h10-11H,3-9H2,1-2H3,(H2,18,21)(H,19,22)/t10-,11-/m0/s1. The molecule has 1 saturated heterocycles. The lowest BCUT2D eigenvalue weighted by atomic mass is 9.88. The summed E-state index contributed by atoms with van der Waals surface area (Å²) < 4.78 is 24.9. The highest BCUT2D eigenvalue weighted by Gasteiger charge is 2.32. The third kappa shape index (κ3) is 3.94. The maximum absolute atomic E-state index is 12.7. The Hall–Kier alpha value is -1.45. The van der Waals surface area contributed by atoms with E-state index in [1.54, 1.807) is 0 Å². The number of carbonyl (C=O) groups excluding carboxylic acids is 2. The predicted molar refractivity (Wildman–Crippen MR) is 102 cm³/mol. The van der Waals surface area contributed by atoms with Gasteiger partial charge >= 0.3 is 0 Å². The number of nitrogens with two attached hydrogens (primary N) is 1. The van der Waals surface area contributed by atoms with Crippen LogP contribution >= 0.6 is 11.3 Å². The lowest BCUT2D eigenvalue weighted by Crippen LogP contribution is -2.43. The van der Waals surface area contributed by atoms with Crippen LogP contribution in [0.25, 0.3) is 0 Å². The first-order valence-electron chi connectivity index (χ1n) is 8.87. The number of thiophene rings is 1. The molecule has 3 rings (SSSR count). The number of nitrogens with one attached hydrogen (secondary N) is 1. The quantitative estimate of drug-likeness (QED) is 0.801. The molecule has 2 aliphatic rings. The molecule has 0 aromatic carbocycles. The molecule has 1 aliphatic carbocycles. The number of hydrogen-bond donors (Lipinski definition) is 2. The van der Waals surface area contributed by atoms with Crippen molar-refractivity contribution in [2.75, 3.05) is 24.7 Å². The second-order valence-electron chi connectivity index (χ2n) is 7.37. The summed E-state index contributed by atoms with van der Waals surface area (Å²) in [6, 6.07) is 0. The molecule has 0 radical (unpaired) electrons. The highest BCUT2D eigenvalue weighted by Crippen LogP contribution is 2.39. The Balaban J connectivity index is 1.80. The van der Waals surface area contributed by atoms with Gasteiger partial charge in [-0.15, -0.1) is 11.3 Å². The molecule has 0 unspecified atom stereocenters. The largest absolute Gasteiger partial charge is 0.365 e. The van der Waals surface area contributed by atoms with E-state index in [1.165, 1.54) is 15.6 Å². The Morgan fingerprint density at radius 2 is 2.04 bits per heavy atom. The molecule has 26 heavy (non-hydrogen) atoms. The summed E-state index contributed by atoms with van der Waals surface area (Å²) >= 11 is 1.43. The fourth-order valence-electron chi connectivity index (χ4n) is 3.77. The number of sulfonamides is 1. The summed E-state index contributed by atoms with van der Waals surface area (Å²) in [5.41, 5.74) is 6.98. The highest BCUT2D eigenvalue weighted by atomic mass is 32.2. The number of nitrogens with zero attached hydrogens (tertiary/aromatic N) is 1. The number of rotatable bonds is 4. The lowest BCUT2D eigenvalue weighted by molar-refractivity contribution is -0.120. The highest BCUT2D eigenvalue weighted by molar-refractivity contribution is 7.88. The topological polar surface area (TPSA) is 110 Å². The zero-order valence-corrected chi connectivity index (χ0v) is 16.7. The first-order chi connectivity index (χ1) is 12.2. The van der Waals surface area contributed by atoms with Crippen LogP contribution in [0, 0.1) is 11.8 Å². The molecule has 0 spiro atoms. The van der Waals surface area contributed by atoms with Gasteiger partial charge in [-0.05, 0) is 43.6 Å². The van der Waals surface area contributed by atoms with Crippen LogP contribution in [-0.4, -0.2) is 43.9 Å². The molecule has 1 fully saturated rings. The Labute approximate surface area is 158 Å². The van der Waals surface area contributed by atoms with Gasteiger partial charge in [-0.2, -0.15) is 0 Å². The van der Waals surface area contributed by atoms with Gasteiger partial charge in [0, 0.05) is 18.0 Å². The molecule has 3 N–H and O–H groups in total. The second-order valence-corrected chi connectivity index (χ2v) is 10.5. The Morgan fingerprint density at radius 3 is 2.69 bits per heavy atom. The first kappa shape index (κ1) is 19.3. The van der Waals surface area contributed by atoms with Crippen molar-refractivity contribution in [2.24, 2.45) is 17.6 Å². The van der Waals surface area contributed by atoms with E-state index in [0.29, 0.717) is 35.9 Å². The van der Waals surface area contributed by atoms with E-state index in [4.69, 9.17) is 5.73 Å². The summed E-state index contributed by atoms with van der Waals surface area (Å²) in [5, 5.41) is 3.38. The van der Waals surface area contributed by atoms with Gasteiger partial charge in [-0.25, -0.2) is 12.7 Å². The summed E-state index contributed by atoms with van der Waals surface area (Å²) in [6.45, 7) is 2.80. The third-order valence-electron chi connectivity index (χ3n) is 5.22. The first-order valence-corrected chi connectivity index (χ1v) is 11.5. The van der Waals surface area contributed by atoms with Crippen molar-refractivity contribution in [1.82, 2.24) is 4.31 Å². The van der Waals surface area contributed by atoms with Gasteiger partial charge in [0.1, 0.15) is 5.00 Å². The van der Waals surface area contributed by atoms with Crippen molar-refractivity contribution in [3.8, 4) is 0 Å². The van der Waals surface area contributed by atoms with Crippen molar-refractivity contribution >= 4 is 38.2 Å². The molecular weight excluding hydrogens is 374 g/mol. The van der Waals surface area contributed by atoms with Crippen LogP contribution in [0.3, 0.4) is 0 Å². The summed E-state index contributed by atoms with van der Waals surface area (Å²) in [6.07, 6.45) is 5.13. The van der Waals surface area contributed by atoms with Crippen molar-refractivity contribution < 1.29 is 18.0 Å². The van der Waals surface area contributed by atoms with Crippen LogP contribution in [-0.2, 0) is 27.7 Å². The van der Waals surface area contributed by atoms with E-state index in [9.17, 15) is 18.0 Å². The molecule has 9 heteroatoms. The van der Waals surface area contributed by atoms with Crippen LogP contribution in [0.5, 0.6) is 0 Å². The molecule has 0 bridgehead atoms. The predicted octanol–water partition coefficient (Wildman–Crippen LogP) is 1.58. The molecule has 1 aliphatic heterocycles. The minimum atomic E-state index is -3.31. The fourth-order valence-corrected chi connectivity index (χ4v) is 6.10. The van der Waals surface area contributed by atoms with E-state index in [0.717, 1.165) is 36.0 Å². The van der Waals surface area contributed by atoms with Gasteiger partial charge in [-0.1, -0.05) is 6.92 Å². The van der Waals surface area contributed by atoms with Crippen molar-refractivity contribution in [2.45, 2.75) is 39.0 Å². The zero-order valence-electron chi connectivity index (χ0n) is 15.1. The zero-order chi connectivity index (χ0) is 19.1. The number of anilines is 1. The maximum atomic E-state index is 12.7. The van der Waals surface area contributed by atoms with Crippen LogP contribution in [0.4, 0.5) is 5.00 Å². The van der Waals surface area contributed by atoms with Crippen molar-refractivity contribution in [1.29, 1.82) is 0 Å². The third-order valence-corrected chi connectivity index (χ3v) is 7.66. The average Bonchev–Trinajstić information content (AvgIpc) is 2.91. The Kier molecular flexibility index (Phi) is 5.41. The molecule has 7 nitrogen and oxygen atoms in total.